The van der Waals surface area contributed by atoms with Crippen LogP contribution in [-0.4, -0.2) is 88.3 Å². The van der Waals surface area contributed by atoms with Gasteiger partial charge in [-0.25, -0.2) is 19.0 Å². The summed E-state index contributed by atoms with van der Waals surface area (Å²) in [5.74, 6) is 1.74. The Morgan fingerprint density at radius 2 is 2.03 bits per heavy atom. The minimum absolute atomic E-state index is 0.131. The van der Waals surface area contributed by atoms with Gasteiger partial charge in [0.2, 0.25) is 0 Å². The van der Waals surface area contributed by atoms with E-state index in [4.69, 9.17) is 19.4 Å². The minimum Gasteiger partial charge on any atom is -0.465 e. The number of alkyl halides is 1. The number of aromatic nitrogens is 4. The Morgan fingerprint density at radius 1 is 1.19 bits per heavy atom. The molecule has 0 amide bonds. The lowest BCUT2D eigenvalue weighted by atomic mass is 9.85. The van der Waals surface area contributed by atoms with Crippen LogP contribution in [0.3, 0.4) is 0 Å². The smallest absolute Gasteiger partial charge is 0.320 e. The first-order valence-corrected chi connectivity index (χ1v) is 13.1. The summed E-state index contributed by atoms with van der Waals surface area (Å²) in [5.41, 5.74) is 2.93. The van der Waals surface area contributed by atoms with Crippen LogP contribution in [0.4, 0.5) is 10.2 Å². The third kappa shape index (κ3) is 4.57. The van der Waals surface area contributed by atoms with Gasteiger partial charge in [0.1, 0.15) is 17.8 Å². The molecule has 0 spiro atoms. The molecule has 3 aliphatic heterocycles. The Balaban J connectivity index is 1.29. The normalized spacial score (nSPS) is 25.8. The molecule has 0 N–H and O–H groups in total. The largest absolute Gasteiger partial charge is 0.465 e. The standard InChI is InChI=1S/C27H33FN6O3/c1-4-36-27(35)14-32-6-5-21(23(28)13-32)22-9-24-18(7-16(22)2)11-29-34(24)26-10-25(30-17(3)31-26)33-12-20-8-19(33)15-37-20/h7,9-11,19-21,23H,4-6,8,12-15H2,1-3H3/t19-,20-,21?,23?/m1/s1. The second kappa shape index (κ2) is 9.64. The molecule has 6 rings (SSSR count). The summed E-state index contributed by atoms with van der Waals surface area (Å²) < 4.78 is 28.1. The van der Waals surface area contributed by atoms with E-state index in [9.17, 15) is 4.79 Å². The van der Waals surface area contributed by atoms with Crippen molar-refractivity contribution in [1.82, 2.24) is 24.6 Å². The van der Waals surface area contributed by atoms with Gasteiger partial charge in [0.25, 0.3) is 0 Å². The topological polar surface area (TPSA) is 85.6 Å². The van der Waals surface area contributed by atoms with Crippen molar-refractivity contribution < 1.29 is 18.7 Å². The lowest BCUT2D eigenvalue weighted by Crippen LogP contribution is -2.43. The van der Waals surface area contributed by atoms with Gasteiger partial charge in [-0.3, -0.25) is 9.69 Å². The van der Waals surface area contributed by atoms with E-state index >= 15 is 4.39 Å². The second-order valence-electron chi connectivity index (χ2n) is 10.4. The van der Waals surface area contributed by atoms with E-state index in [-0.39, 0.29) is 31.1 Å². The molecule has 37 heavy (non-hydrogen) atoms. The van der Waals surface area contributed by atoms with Crippen LogP contribution in [0.2, 0.25) is 0 Å². The summed E-state index contributed by atoms with van der Waals surface area (Å²) in [5, 5.41) is 5.65. The Labute approximate surface area is 215 Å². The molecule has 9 nitrogen and oxygen atoms in total. The highest BCUT2D eigenvalue weighted by molar-refractivity contribution is 5.82. The van der Waals surface area contributed by atoms with Gasteiger partial charge in [0.05, 0.1) is 43.6 Å². The number of morpholine rings is 1. The number of anilines is 1. The van der Waals surface area contributed by atoms with Crippen LogP contribution in [0, 0.1) is 13.8 Å². The molecule has 196 valence electrons. The number of esters is 1. The monoisotopic (exact) mass is 508 g/mol. The summed E-state index contributed by atoms with van der Waals surface area (Å²) in [4.78, 5) is 25.4. The molecule has 3 fully saturated rings. The van der Waals surface area contributed by atoms with E-state index in [1.165, 1.54) is 0 Å². The molecule has 0 aliphatic carbocycles. The maximum Gasteiger partial charge on any atom is 0.320 e. The third-order valence-corrected chi connectivity index (χ3v) is 7.86. The number of hydrogen-bond acceptors (Lipinski definition) is 8. The maximum atomic E-state index is 15.4. The molecule has 10 heteroatoms. The van der Waals surface area contributed by atoms with Gasteiger partial charge in [-0.15, -0.1) is 0 Å². The zero-order valence-corrected chi connectivity index (χ0v) is 21.6. The number of carbonyl (C=O) groups excluding carboxylic acids is 1. The van der Waals surface area contributed by atoms with E-state index in [1.54, 1.807) is 6.92 Å². The highest BCUT2D eigenvalue weighted by Gasteiger charge is 2.40. The number of benzene rings is 1. The predicted molar refractivity (Wildman–Crippen MR) is 137 cm³/mol. The highest BCUT2D eigenvalue weighted by Crippen LogP contribution is 2.36. The van der Waals surface area contributed by atoms with Crippen LogP contribution < -0.4 is 4.90 Å². The van der Waals surface area contributed by atoms with Crippen molar-refractivity contribution in [2.45, 2.75) is 57.8 Å². The summed E-state index contributed by atoms with van der Waals surface area (Å²) in [7, 11) is 0. The average Bonchev–Trinajstić information content (AvgIpc) is 3.59. The molecule has 0 radical (unpaired) electrons. The van der Waals surface area contributed by atoms with Gasteiger partial charge in [-0.2, -0.15) is 5.10 Å². The van der Waals surface area contributed by atoms with E-state index in [2.05, 4.69) is 22.1 Å². The first kappa shape index (κ1) is 24.2. The molecule has 0 saturated carbocycles. The first-order valence-electron chi connectivity index (χ1n) is 13.1. The number of likely N-dealkylation sites (tertiary alicyclic amines) is 1. The molecule has 1 aromatic carbocycles. The molecule has 4 atom stereocenters. The van der Waals surface area contributed by atoms with Crippen molar-refractivity contribution in [3.8, 4) is 5.82 Å². The first-order chi connectivity index (χ1) is 17.9. The zero-order valence-electron chi connectivity index (χ0n) is 21.6. The molecule has 5 heterocycles. The Hall–Kier alpha value is -3.11. The Kier molecular flexibility index (Phi) is 6.32. The predicted octanol–water partition coefficient (Wildman–Crippen LogP) is 3.10. The molecular weight excluding hydrogens is 475 g/mol. The summed E-state index contributed by atoms with van der Waals surface area (Å²) >= 11 is 0. The number of piperidine rings is 1. The average molecular weight is 509 g/mol. The molecule has 3 aliphatic rings. The van der Waals surface area contributed by atoms with Gasteiger partial charge in [-0.05, 0) is 63.4 Å². The number of fused-ring (bicyclic) bond motifs is 3. The van der Waals surface area contributed by atoms with Crippen molar-refractivity contribution in [1.29, 1.82) is 0 Å². The van der Waals surface area contributed by atoms with Gasteiger partial charge in [0.15, 0.2) is 5.82 Å². The Morgan fingerprint density at radius 3 is 2.76 bits per heavy atom. The van der Waals surface area contributed by atoms with Gasteiger partial charge < -0.3 is 14.4 Å². The van der Waals surface area contributed by atoms with Crippen LogP contribution in [0.5, 0.6) is 0 Å². The van der Waals surface area contributed by atoms with Crippen LogP contribution in [0.1, 0.15) is 42.6 Å². The van der Waals surface area contributed by atoms with Crippen molar-refractivity contribution in [3.05, 3.63) is 41.3 Å². The summed E-state index contributed by atoms with van der Waals surface area (Å²) in [6.07, 6.45) is 2.71. The van der Waals surface area contributed by atoms with Crippen molar-refractivity contribution in [3.63, 3.8) is 0 Å². The van der Waals surface area contributed by atoms with E-state index in [0.717, 1.165) is 47.4 Å². The highest BCUT2D eigenvalue weighted by atomic mass is 19.1. The van der Waals surface area contributed by atoms with Gasteiger partial charge in [0, 0.05) is 30.5 Å². The molecule has 2 aromatic heterocycles. The van der Waals surface area contributed by atoms with E-state index < -0.39 is 6.17 Å². The minimum atomic E-state index is -1.07. The quantitative estimate of drug-likeness (QED) is 0.470. The fourth-order valence-electron chi connectivity index (χ4n) is 6.11. The van der Waals surface area contributed by atoms with Crippen molar-refractivity contribution in [2.24, 2.45) is 0 Å². The second-order valence-corrected chi connectivity index (χ2v) is 10.4. The van der Waals surface area contributed by atoms with Crippen molar-refractivity contribution in [2.75, 3.05) is 44.3 Å². The van der Waals surface area contributed by atoms with Crippen LogP contribution in [0.25, 0.3) is 16.7 Å². The number of halogens is 1. The summed E-state index contributed by atoms with van der Waals surface area (Å²) in [6, 6.07) is 6.49. The lowest BCUT2D eigenvalue weighted by Gasteiger charge is -2.35. The Bertz CT molecular complexity index is 1330. The number of ether oxygens (including phenoxy) is 2. The van der Waals surface area contributed by atoms with E-state index in [1.807, 2.05) is 35.7 Å². The zero-order chi connectivity index (χ0) is 25.7. The van der Waals surface area contributed by atoms with Gasteiger partial charge >= 0.3 is 5.97 Å². The fraction of sp³-hybridized carbons (Fsp3) is 0.556. The summed E-state index contributed by atoms with van der Waals surface area (Å²) in [6.45, 7) is 8.62. The molecule has 2 bridgehead atoms. The van der Waals surface area contributed by atoms with Crippen LogP contribution in [-0.2, 0) is 14.3 Å². The number of nitrogens with zero attached hydrogens (tertiary/aromatic N) is 6. The van der Waals surface area contributed by atoms with E-state index in [0.29, 0.717) is 37.3 Å². The fourth-order valence-corrected chi connectivity index (χ4v) is 6.11. The third-order valence-electron chi connectivity index (χ3n) is 7.86. The SMILES string of the molecule is CCOC(=O)CN1CCC(c2cc3c(cnn3-c3cc(N4C[C@H]5C[C@@H]4CO5)nc(C)n3)cc2C)C(F)C1. The molecule has 2 unspecified atom stereocenters. The molecular formula is C27H33FN6O3. The van der Waals surface area contributed by atoms with Crippen molar-refractivity contribution >= 4 is 22.7 Å². The lowest BCUT2D eigenvalue weighted by molar-refractivity contribution is -0.145. The number of aryl methyl sites for hydroxylation is 2. The number of rotatable bonds is 6. The number of hydrogen-bond donors (Lipinski definition) is 0. The maximum absolute atomic E-state index is 15.4. The van der Waals surface area contributed by atoms with Crippen LogP contribution in [0.15, 0.2) is 24.4 Å². The number of carbonyl (C=O) groups is 1. The molecule has 3 aromatic rings. The van der Waals surface area contributed by atoms with Gasteiger partial charge in [-0.1, -0.05) is 0 Å². The van der Waals surface area contributed by atoms with Crippen LogP contribution >= 0.6 is 0 Å². The molecule has 3 saturated heterocycles.